The molecule has 1 unspecified atom stereocenters. The molecule has 6 nitrogen and oxygen atoms in total. The molecule has 66 heavy (non-hydrogen) atoms. The average molecular weight is 913 g/mol. The molecule has 0 rings (SSSR count). The number of carbonyl (C=O) groups excluding carboxylic acids is 3. The zero-order valence-corrected chi connectivity index (χ0v) is 42.4. The van der Waals surface area contributed by atoms with E-state index in [0.29, 0.717) is 19.3 Å². The maximum Gasteiger partial charge on any atom is 0.306 e. The molecular formula is C60H96O6. The highest BCUT2D eigenvalue weighted by molar-refractivity contribution is 5.71. The van der Waals surface area contributed by atoms with Crippen molar-refractivity contribution in [3.05, 3.63) is 122 Å². The van der Waals surface area contributed by atoms with E-state index >= 15 is 0 Å². The normalized spacial score (nSPS) is 13.1. The van der Waals surface area contributed by atoms with Crippen LogP contribution in [-0.4, -0.2) is 37.2 Å². The summed E-state index contributed by atoms with van der Waals surface area (Å²) < 4.78 is 16.7. The van der Waals surface area contributed by atoms with Crippen molar-refractivity contribution in [1.29, 1.82) is 0 Å². The molecule has 1 atom stereocenters. The quantitative estimate of drug-likeness (QED) is 0.0262. The van der Waals surface area contributed by atoms with Gasteiger partial charge in [-0.05, 0) is 109 Å². The predicted molar refractivity (Wildman–Crippen MR) is 283 cm³/mol. The number of hydrogen-bond acceptors (Lipinski definition) is 6. The first-order chi connectivity index (χ1) is 32.5. The third-order valence-corrected chi connectivity index (χ3v) is 10.7. The summed E-state index contributed by atoms with van der Waals surface area (Å²) in [5.74, 6) is -0.997. The Hall–Kier alpha value is -4.19. The largest absolute Gasteiger partial charge is 0.462 e. The van der Waals surface area contributed by atoms with Crippen LogP contribution >= 0.6 is 0 Å². The summed E-state index contributed by atoms with van der Waals surface area (Å²) in [5, 5.41) is 0. The van der Waals surface area contributed by atoms with Crippen LogP contribution in [-0.2, 0) is 28.6 Å². The summed E-state index contributed by atoms with van der Waals surface area (Å²) in [4.78, 5) is 37.8. The molecule has 0 aliphatic carbocycles. The summed E-state index contributed by atoms with van der Waals surface area (Å²) in [6.45, 7) is 6.36. The van der Waals surface area contributed by atoms with Crippen LogP contribution in [0.2, 0.25) is 0 Å². The highest BCUT2D eigenvalue weighted by atomic mass is 16.6. The maximum atomic E-state index is 12.8. The highest BCUT2D eigenvalue weighted by Crippen LogP contribution is 2.12. The van der Waals surface area contributed by atoms with E-state index in [4.69, 9.17) is 14.2 Å². The summed E-state index contributed by atoms with van der Waals surface area (Å²) in [7, 11) is 0. The zero-order valence-electron chi connectivity index (χ0n) is 42.4. The van der Waals surface area contributed by atoms with Crippen molar-refractivity contribution in [1.82, 2.24) is 0 Å². The van der Waals surface area contributed by atoms with Crippen molar-refractivity contribution in [3.63, 3.8) is 0 Å². The van der Waals surface area contributed by atoms with Gasteiger partial charge in [0, 0.05) is 19.3 Å². The van der Waals surface area contributed by atoms with Gasteiger partial charge >= 0.3 is 17.9 Å². The second kappa shape index (κ2) is 53.4. The van der Waals surface area contributed by atoms with Gasteiger partial charge in [0.1, 0.15) is 13.2 Å². The van der Waals surface area contributed by atoms with E-state index in [1.54, 1.807) is 0 Å². The Morgan fingerprint density at radius 3 is 1.02 bits per heavy atom. The Bertz CT molecular complexity index is 1420. The van der Waals surface area contributed by atoms with Crippen molar-refractivity contribution in [2.75, 3.05) is 13.2 Å². The van der Waals surface area contributed by atoms with Gasteiger partial charge in [-0.25, -0.2) is 0 Å². The monoisotopic (exact) mass is 913 g/mol. The average Bonchev–Trinajstić information content (AvgIpc) is 3.31. The molecule has 0 heterocycles. The van der Waals surface area contributed by atoms with E-state index in [1.165, 1.54) is 57.8 Å². The Kier molecular flexibility index (Phi) is 50.0. The fourth-order valence-electron chi connectivity index (χ4n) is 6.73. The van der Waals surface area contributed by atoms with Gasteiger partial charge < -0.3 is 14.2 Å². The van der Waals surface area contributed by atoms with Crippen molar-refractivity contribution >= 4 is 17.9 Å². The first kappa shape index (κ1) is 61.8. The van der Waals surface area contributed by atoms with E-state index < -0.39 is 6.10 Å². The van der Waals surface area contributed by atoms with Crippen LogP contribution in [0.25, 0.3) is 0 Å². The molecule has 0 aliphatic rings. The fraction of sp³-hybridized carbons (Fsp3) is 0.617. The lowest BCUT2D eigenvalue weighted by Gasteiger charge is -2.18. The predicted octanol–water partition coefficient (Wildman–Crippen LogP) is 17.7. The van der Waals surface area contributed by atoms with E-state index in [1.807, 2.05) is 0 Å². The second-order valence-corrected chi connectivity index (χ2v) is 17.1. The lowest BCUT2D eigenvalue weighted by Crippen LogP contribution is -2.30. The Morgan fingerprint density at radius 1 is 0.318 bits per heavy atom. The van der Waals surface area contributed by atoms with Crippen molar-refractivity contribution < 1.29 is 28.6 Å². The van der Waals surface area contributed by atoms with E-state index in [9.17, 15) is 14.4 Å². The maximum absolute atomic E-state index is 12.8. The van der Waals surface area contributed by atoms with Gasteiger partial charge in [-0.2, -0.15) is 0 Å². The molecule has 0 aromatic rings. The van der Waals surface area contributed by atoms with Gasteiger partial charge in [-0.15, -0.1) is 0 Å². The van der Waals surface area contributed by atoms with Gasteiger partial charge in [0.2, 0.25) is 0 Å². The van der Waals surface area contributed by atoms with E-state index in [0.717, 1.165) is 116 Å². The smallest absolute Gasteiger partial charge is 0.306 e. The molecule has 372 valence electrons. The molecule has 0 fully saturated rings. The highest BCUT2D eigenvalue weighted by Gasteiger charge is 2.19. The number of carbonyl (C=O) groups is 3. The molecule has 0 aliphatic heterocycles. The molecule has 6 heteroatoms. The second-order valence-electron chi connectivity index (χ2n) is 17.1. The molecule has 0 aromatic heterocycles. The standard InChI is InChI=1S/C60H96O6/c1-4-7-10-13-16-18-20-22-24-26-28-29-30-31-33-34-36-38-40-42-44-47-50-53-59(62)65-56-57(55-64-58(61)52-49-46-15-12-9-6-3)66-60(63)54-51-48-45-43-41-39-37-35-32-27-25-23-21-19-17-14-11-8-5-2/h7,10,16-19,22-25,28-29,31-33,35-36,38,42,44,57H,4-6,8-9,11-15,20-21,26-27,30,34,37,39-41,43,45-56H2,1-3H3/b10-7-,18-16-,19-17-,24-22-,25-23-,29-28-,33-31-,35-32-,38-36-,44-42-. The number of ether oxygens (including phenoxy) is 3. The molecule has 0 N–H and O–H groups in total. The molecule has 0 saturated heterocycles. The van der Waals surface area contributed by atoms with Crippen molar-refractivity contribution in [3.8, 4) is 0 Å². The van der Waals surface area contributed by atoms with Crippen LogP contribution in [0.1, 0.15) is 220 Å². The van der Waals surface area contributed by atoms with Gasteiger partial charge in [0.25, 0.3) is 0 Å². The van der Waals surface area contributed by atoms with E-state index in [2.05, 4.69) is 142 Å². The number of hydrogen-bond donors (Lipinski definition) is 0. The molecule has 0 spiro atoms. The summed E-state index contributed by atoms with van der Waals surface area (Å²) in [6, 6.07) is 0. The summed E-state index contributed by atoms with van der Waals surface area (Å²) in [5.41, 5.74) is 0. The lowest BCUT2D eigenvalue weighted by molar-refractivity contribution is -0.167. The molecule has 0 saturated carbocycles. The number of esters is 3. The van der Waals surface area contributed by atoms with Crippen molar-refractivity contribution in [2.24, 2.45) is 0 Å². The first-order valence-electron chi connectivity index (χ1n) is 26.5. The third-order valence-electron chi connectivity index (χ3n) is 10.7. The van der Waals surface area contributed by atoms with Crippen molar-refractivity contribution in [2.45, 2.75) is 226 Å². The third kappa shape index (κ3) is 50.8. The van der Waals surface area contributed by atoms with Crippen LogP contribution in [0.15, 0.2) is 122 Å². The lowest BCUT2D eigenvalue weighted by atomic mass is 10.1. The van der Waals surface area contributed by atoms with Gasteiger partial charge in [-0.3, -0.25) is 14.4 Å². The van der Waals surface area contributed by atoms with Crippen LogP contribution in [0, 0.1) is 0 Å². The SMILES string of the molecule is CC/C=C\C/C=C\C/C=C\C/C=C\C/C=C\C/C=C\C/C=C\CCCC(=O)OCC(COC(=O)CCCCCCCC)OC(=O)CCCCCCCC/C=C\C/C=C\C/C=C\CCCCC. The molecular weight excluding hydrogens is 817 g/mol. The van der Waals surface area contributed by atoms with E-state index in [-0.39, 0.29) is 37.5 Å². The fourth-order valence-corrected chi connectivity index (χ4v) is 6.73. The minimum Gasteiger partial charge on any atom is -0.462 e. The van der Waals surface area contributed by atoms with Gasteiger partial charge in [-0.1, -0.05) is 213 Å². The Labute approximate surface area is 405 Å². The number of allylic oxidation sites excluding steroid dienone is 20. The minimum atomic E-state index is -0.808. The zero-order chi connectivity index (χ0) is 47.9. The Morgan fingerprint density at radius 2 is 0.606 bits per heavy atom. The first-order valence-corrected chi connectivity index (χ1v) is 26.5. The molecule has 0 bridgehead atoms. The topological polar surface area (TPSA) is 78.9 Å². The van der Waals surface area contributed by atoms with Crippen LogP contribution in [0.5, 0.6) is 0 Å². The summed E-state index contributed by atoms with van der Waals surface area (Å²) in [6.07, 6.45) is 73.5. The summed E-state index contributed by atoms with van der Waals surface area (Å²) >= 11 is 0. The molecule has 0 aromatic carbocycles. The van der Waals surface area contributed by atoms with Crippen LogP contribution in [0.4, 0.5) is 0 Å². The Balaban J connectivity index is 4.36. The minimum absolute atomic E-state index is 0.105. The van der Waals surface area contributed by atoms with Gasteiger partial charge in [0.15, 0.2) is 6.10 Å². The molecule has 0 amide bonds. The number of rotatable bonds is 46. The van der Waals surface area contributed by atoms with Crippen LogP contribution in [0.3, 0.4) is 0 Å². The van der Waals surface area contributed by atoms with Crippen LogP contribution < -0.4 is 0 Å². The number of unbranched alkanes of at least 4 members (excludes halogenated alkanes) is 15. The molecule has 0 radical (unpaired) electrons. The van der Waals surface area contributed by atoms with Gasteiger partial charge in [0.05, 0.1) is 0 Å².